The number of halogens is 3. The molecule has 5 nitrogen and oxygen atoms in total. The fraction of sp³-hybridized carbons (Fsp3) is 0.316. The smallest absolute Gasteiger partial charge is 0.508 e. The molecule has 0 spiro atoms. The summed E-state index contributed by atoms with van der Waals surface area (Å²) in [6.07, 6.45) is -0.825. The second kappa shape index (κ2) is 7.77. The fourth-order valence-corrected chi connectivity index (χ4v) is 3.19. The van der Waals surface area contributed by atoms with Crippen molar-refractivity contribution in [2.24, 2.45) is 10.7 Å². The van der Waals surface area contributed by atoms with Gasteiger partial charge in [-0.05, 0) is 55.0 Å². The second-order valence-electron chi connectivity index (χ2n) is 6.28. The third-order valence-electron chi connectivity index (χ3n) is 4.41. The molecule has 0 heterocycles. The van der Waals surface area contributed by atoms with Gasteiger partial charge in [-0.25, -0.2) is 4.99 Å². The molecule has 8 heteroatoms. The molecule has 1 aliphatic carbocycles. The number of guanidine groups is 1. The fourth-order valence-electron chi connectivity index (χ4n) is 3.19. The third kappa shape index (κ3) is 4.84. The Morgan fingerprint density at radius 2 is 1.89 bits per heavy atom. The van der Waals surface area contributed by atoms with Crippen molar-refractivity contribution in [3.63, 3.8) is 0 Å². The number of fused-ring (bicyclic) bond motifs is 1. The monoisotopic (exact) mass is 379 g/mol. The molecular weight excluding hydrogens is 359 g/mol. The van der Waals surface area contributed by atoms with Crippen LogP contribution in [0.3, 0.4) is 0 Å². The van der Waals surface area contributed by atoms with Crippen LogP contribution in [-0.4, -0.2) is 17.4 Å². The number of nitrogens with two attached hydrogens (primary N) is 1. The highest BCUT2D eigenvalue weighted by molar-refractivity contribution is 5.93. The second-order valence-corrected chi connectivity index (χ2v) is 6.28. The number of phenolic OH excluding ortho intramolecular Hbond substituents is 1. The molecule has 0 bridgehead atoms. The molecule has 2 aromatic rings. The number of nitrogens with zero attached hydrogens (tertiary/aromatic N) is 1. The maximum Gasteiger partial charge on any atom is 0.573 e. The summed E-state index contributed by atoms with van der Waals surface area (Å²) in [5.74, 6) is -0.322. The first-order chi connectivity index (χ1) is 12.8. The first-order valence-electron chi connectivity index (χ1n) is 8.58. The zero-order valence-electron chi connectivity index (χ0n) is 14.5. The molecular formula is C19H20F3N3O2. The summed E-state index contributed by atoms with van der Waals surface area (Å²) in [4.78, 5) is 4.18. The van der Waals surface area contributed by atoms with E-state index in [4.69, 9.17) is 5.73 Å². The molecule has 0 fully saturated rings. The normalized spacial score (nSPS) is 14.6. The van der Waals surface area contributed by atoms with Crippen molar-refractivity contribution in [3.8, 4) is 11.5 Å². The number of ether oxygens (including phenoxy) is 1. The first-order valence-corrected chi connectivity index (χ1v) is 8.58. The van der Waals surface area contributed by atoms with E-state index in [1.165, 1.54) is 23.8 Å². The maximum absolute atomic E-state index is 12.5. The van der Waals surface area contributed by atoms with Gasteiger partial charge < -0.3 is 20.9 Å². The highest BCUT2D eigenvalue weighted by Gasteiger charge is 2.32. The lowest BCUT2D eigenvalue weighted by Gasteiger charge is -2.19. The molecule has 1 aliphatic rings. The zero-order valence-corrected chi connectivity index (χ0v) is 14.5. The molecule has 27 heavy (non-hydrogen) atoms. The summed E-state index contributed by atoms with van der Waals surface area (Å²) in [6.45, 7) is 0.135. The Bertz CT molecular complexity index is 851. The highest BCUT2D eigenvalue weighted by Crippen LogP contribution is 2.32. The molecule has 2 aromatic carbocycles. The average molecular weight is 379 g/mol. The number of aryl methyl sites for hydroxylation is 1. The minimum absolute atomic E-state index is 0.0513. The van der Waals surface area contributed by atoms with Crippen molar-refractivity contribution in [1.82, 2.24) is 0 Å². The molecule has 144 valence electrons. The number of benzene rings is 2. The van der Waals surface area contributed by atoms with E-state index in [0.29, 0.717) is 5.56 Å². The summed E-state index contributed by atoms with van der Waals surface area (Å²) in [5.41, 5.74) is 8.87. The van der Waals surface area contributed by atoms with Gasteiger partial charge in [0.2, 0.25) is 0 Å². The van der Waals surface area contributed by atoms with Crippen LogP contribution in [0.1, 0.15) is 29.5 Å². The van der Waals surface area contributed by atoms with Crippen LogP contribution < -0.4 is 15.8 Å². The molecule has 0 amide bonds. The quantitative estimate of drug-likeness (QED) is 0.552. The first kappa shape index (κ1) is 18.9. The summed E-state index contributed by atoms with van der Waals surface area (Å²) >= 11 is 0. The van der Waals surface area contributed by atoms with Crippen LogP contribution in [0.4, 0.5) is 18.9 Å². The van der Waals surface area contributed by atoms with Crippen LogP contribution in [0.5, 0.6) is 11.5 Å². The van der Waals surface area contributed by atoms with E-state index in [9.17, 15) is 18.3 Å². The largest absolute Gasteiger partial charge is 0.573 e. The lowest BCUT2D eigenvalue weighted by molar-refractivity contribution is -0.274. The van der Waals surface area contributed by atoms with E-state index >= 15 is 0 Å². The SMILES string of the molecule is NC(=NCc1c(O)ccc2c1CCCC2)Nc1ccccc1OC(F)(F)F. The van der Waals surface area contributed by atoms with Gasteiger partial charge in [0, 0.05) is 5.56 Å². The Labute approximate surface area is 154 Å². The Kier molecular flexibility index (Phi) is 5.43. The number of alkyl halides is 3. The number of anilines is 1. The van der Waals surface area contributed by atoms with E-state index in [2.05, 4.69) is 15.0 Å². The van der Waals surface area contributed by atoms with Gasteiger partial charge in [-0.3, -0.25) is 0 Å². The number of aliphatic imine (C=N–C) groups is 1. The summed E-state index contributed by atoms with van der Waals surface area (Å²) in [7, 11) is 0. The van der Waals surface area contributed by atoms with Crippen LogP contribution in [0.2, 0.25) is 0 Å². The minimum Gasteiger partial charge on any atom is -0.508 e. The standard InChI is InChI=1S/C19H20F3N3O2/c20-19(21,22)27-17-8-4-3-7-15(17)25-18(23)24-11-14-13-6-2-1-5-12(13)9-10-16(14)26/h3-4,7-10,26H,1-2,5-6,11H2,(H3,23,24,25). The molecule has 0 aromatic heterocycles. The number of rotatable bonds is 4. The molecule has 0 radical (unpaired) electrons. The zero-order chi connectivity index (χ0) is 19.4. The number of hydrogen-bond acceptors (Lipinski definition) is 3. The molecule has 0 unspecified atom stereocenters. The Morgan fingerprint density at radius 3 is 2.67 bits per heavy atom. The van der Waals surface area contributed by atoms with Crippen molar-refractivity contribution < 1.29 is 23.0 Å². The summed E-state index contributed by atoms with van der Waals surface area (Å²) in [5, 5.41) is 12.8. The predicted molar refractivity (Wildman–Crippen MR) is 96.8 cm³/mol. The number of aromatic hydroxyl groups is 1. The number of para-hydroxylation sites is 2. The number of nitrogens with one attached hydrogen (secondary N) is 1. The average Bonchev–Trinajstić information content (AvgIpc) is 2.61. The van der Waals surface area contributed by atoms with Crippen LogP contribution in [0.25, 0.3) is 0 Å². The van der Waals surface area contributed by atoms with Crippen LogP contribution in [-0.2, 0) is 19.4 Å². The maximum atomic E-state index is 12.5. The van der Waals surface area contributed by atoms with Crippen molar-refractivity contribution in [1.29, 1.82) is 0 Å². The van der Waals surface area contributed by atoms with E-state index in [1.807, 2.05) is 6.07 Å². The molecule has 0 aliphatic heterocycles. The van der Waals surface area contributed by atoms with Gasteiger partial charge in [0.15, 0.2) is 11.7 Å². The number of hydrogen-bond donors (Lipinski definition) is 3. The lowest BCUT2D eigenvalue weighted by Crippen LogP contribution is -2.24. The highest BCUT2D eigenvalue weighted by atomic mass is 19.4. The van der Waals surface area contributed by atoms with Gasteiger partial charge in [0.25, 0.3) is 0 Å². The van der Waals surface area contributed by atoms with Crippen LogP contribution >= 0.6 is 0 Å². The predicted octanol–water partition coefficient (Wildman–Crippen LogP) is 4.10. The van der Waals surface area contributed by atoms with Crippen molar-refractivity contribution in [2.75, 3.05) is 5.32 Å². The summed E-state index contributed by atoms with van der Waals surface area (Å²) in [6, 6.07) is 9.13. The van der Waals surface area contributed by atoms with E-state index < -0.39 is 12.1 Å². The number of phenols is 1. The van der Waals surface area contributed by atoms with Crippen molar-refractivity contribution in [3.05, 3.63) is 53.1 Å². The lowest BCUT2D eigenvalue weighted by atomic mass is 9.88. The van der Waals surface area contributed by atoms with E-state index in [1.54, 1.807) is 12.1 Å². The third-order valence-corrected chi connectivity index (χ3v) is 4.41. The van der Waals surface area contributed by atoms with Crippen molar-refractivity contribution in [2.45, 2.75) is 38.6 Å². The van der Waals surface area contributed by atoms with Gasteiger partial charge in [-0.2, -0.15) is 0 Å². The topological polar surface area (TPSA) is 79.9 Å². The Hall–Kier alpha value is -2.90. The van der Waals surface area contributed by atoms with Gasteiger partial charge in [-0.15, -0.1) is 13.2 Å². The molecule has 4 N–H and O–H groups in total. The molecule has 0 saturated carbocycles. The van der Waals surface area contributed by atoms with Gasteiger partial charge >= 0.3 is 6.36 Å². The van der Waals surface area contributed by atoms with Crippen LogP contribution in [0, 0.1) is 0 Å². The van der Waals surface area contributed by atoms with E-state index in [-0.39, 0.29) is 23.9 Å². The van der Waals surface area contributed by atoms with Gasteiger partial charge in [0.05, 0.1) is 12.2 Å². The molecule has 0 atom stereocenters. The minimum atomic E-state index is -4.81. The molecule has 3 rings (SSSR count). The van der Waals surface area contributed by atoms with Gasteiger partial charge in [0.1, 0.15) is 5.75 Å². The summed E-state index contributed by atoms with van der Waals surface area (Å²) < 4.78 is 41.5. The van der Waals surface area contributed by atoms with Crippen LogP contribution in [0.15, 0.2) is 41.4 Å². The Morgan fingerprint density at radius 1 is 1.15 bits per heavy atom. The Balaban J connectivity index is 1.77. The van der Waals surface area contributed by atoms with Gasteiger partial charge in [-0.1, -0.05) is 18.2 Å². The van der Waals surface area contributed by atoms with E-state index in [0.717, 1.165) is 31.2 Å². The molecule has 0 saturated heterocycles. The van der Waals surface area contributed by atoms with Crippen molar-refractivity contribution >= 4 is 11.6 Å².